The Bertz CT molecular complexity index is 834. The van der Waals surface area contributed by atoms with Crippen molar-refractivity contribution in [2.45, 2.75) is 11.5 Å². The van der Waals surface area contributed by atoms with Crippen molar-refractivity contribution in [1.82, 2.24) is 0 Å². The lowest BCUT2D eigenvalue weighted by Crippen LogP contribution is -2.21. The number of methoxy groups -OCH3 is 1. The molecule has 7 heteroatoms. The molecule has 1 saturated heterocycles. The van der Waals surface area contributed by atoms with Crippen molar-refractivity contribution < 1.29 is 19.1 Å². The molecule has 0 unspecified atom stereocenters. The Morgan fingerprint density at radius 3 is 2.63 bits per heavy atom. The SMILES string of the molecule is COC(=O)c1ccc(C)c(NC(=O)COc2ccccc2C2SCCS2)c1. The molecule has 27 heavy (non-hydrogen) atoms. The minimum absolute atomic E-state index is 0.0963. The van der Waals surface area contributed by atoms with Gasteiger partial charge in [-0.15, -0.1) is 23.5 Å². The van der Waals surface area contributed by atoms with Crippen LogP contribution in [0.2, 0.25) is 0 Å². The molecule has 0 bridgehead atoms. The van der Waals surface area contributed by atoms with Crippen molar-refractivity contribution in [3.8, 4) is 5.75 Å². The average Bonchev–Trinajstić information content (AvgIpc) is 3.22. The van der Waals surface area contributed by atoms with E-state index in [1.807, 2.05) is 54.7 Å². The van der Waals surface area contributed by atoms with E-state index in [1.54, 1.807) is 18.2 Å². The van der Waals surface area contributed by atoms with Crippen LogP contribution < -0.4 is 10.1 Å². The van der Waals surface area contributed by atoms with Gasteiger partial charge in [-0.1, -0.05) is 24.3 Å². The molecule has 0 atom stereocenters. The molecule has 3 rings (SSSR count). The van der Waals surface area contributed by atoms with E-state index in [4.69, 9.17) is 9.47 Å². The van der Waals surface area contributed by atoms with E-state index in [0.717, 1.165) is 28.4 Å². The van der Waals surface area contributed by atoms with Crippen LogP contribution in [0.1, 0.15) is 26.1 Å². The summed E-state index contributed by atoms with van der Waals surface area (Å²) in [6.45, 7) is 1.77. The van der Waals surface area contributed by atoms with Crippen molar-refractivity contribution in [3.63, 3.8) is 0 Å². The molecule has 2 aromatic rings. The van der Waals surface area contributed by atoms with Gasteiger partial charge in [-0.2, -0.15) is 0 Å². The van der Waals surface area contributed by atoms with Crippen molar-refractivity contribution in [2.24, 2.45) is 0 Å². The third-order valence-electron chi connectivity index (χ3n) is 4.09. The second-order valence-corrected chi connectivity index (χ2v) is 8.69. The lowest BCUT2D eigenvalue weighted by Gasteiger charge is -2.15. The van der Waals surface area contributed by atoms with E-state index in [9.17, 15) is 9.59 Å². The fourth-order valence-electron chi connectivity index (χ4n) is 2.68. The number of hydrogen-bond acceptors (Lipinski definition) is 6. The Morgan fingerprint density at radius 2 is 1.89 bits per heavy atom. The molecule has 0 spiro atoms. The highest BCUT2D eigenvalue weighted by Gasteiger charge is 2.22. The predicted molar refractivity (Wildman–Crippen MR) is 111 cm³/mol. The summed E-state index contributed by atoms with van der Waals surface area (Å²) in [6, 6.07) is 12.9. The fourth-order valence-corrected chi connectivity index (χ4v) is 5.58. The van der Waals surface area contributed by atoms with Crippen LogP contribution in [0.3, 0.4) is 0 Å². The molecule has 2 aromatic carbocycles. The van der Waals surface area contributed by atoms with Gasteiger partial charge in [0.1, 0.15) is 5.75 Å². The van der Waals surface area contributed by atoms with Crippen LogP contribution in [0.25, 0.3) is 0 Å². The van der Waals surface area contributed by atoms with E-state index >= 15 is 0 Å². The van der Waals surface area contributed by atoms with E-state index in [-0.39, 0.29) is 12.5 Å². The molecule has 0 aromatic heterocycles. The van der Waals surface area contributed by atoms with Crippen molar-refractivity contribution in [2.75, 3.05) is 30.5 Å². The van der Waals surface area contributed by atoms with E-state index < -0.39 is 5.97 Å². The predicted octanol–water partition coefficient (Wildman–Crippen LogP) is 4.28. The van der Waals surface area contributed by atoms with Crippen LogP contribution in [-0.4, -0.2) is 37.1 Å². The van der Waals surface area contributed by atoms with Gasteiger partial charge in [0.25, 0.3) is 5.91 Å². The summed E-state index contributed by atoms with van der Waals surface area (Å²) in [5, 5.41) is 2.81. The van der Waals surface area contributed by atoms with Gasteiger partial charge < -0.3 is 14.8 Å². The number of anilines is 1. The lowest BCUT2D eigenvalue weighted by atomic mass is 10.1. The van der Waals surface area contributed by atoms with Gasteiger partial charge in [0.2, 0.25) is 0 Å². The van der Waals surface area contributed by atoms with Gasteiger partial charge in [-0.3, -0.25) is 4.79 Å². The molecule has 0 radical (unpaired) electrons. The number of ether oxygens (including phenoxy) is 2. The van der Waals surface area contributed by atoms with Gasteiger partial charge in [0.15, 0.2) is 6.61 Å². The number of aryl methyl sites for hydroxylation is 1. The fraction of sp³-hybridized carbons (Fsp3) is 0.300. The van der Waals surface area contributed by atoms with Gasteiger partial charge in [-0.05, 0) is 30.7 Å². The molecule has 1 N–H and O–H groups in total. The van der Waals surface area contributed by atoms with Crippen LogP contribution in [0, 0.1) is 6.92 Å². The molecule has 1 heterocycles. The molecular weight excluding hydrogens is 382 g/mol. The first-order valence-electron chi connectivity index (χ1n) is 8.52. The normalized spacial score (nSPS) is 14.0. The molecule has 1 aliphatic rings. The Kier molecular flexibility index (Phi) is 6.68. The molecule has 5 nitrogen and oxygen atoms in total. The number of nitrogens with one attached hydrogen (secondary N) is 1. The highest BCUT2D eigenvalue weighted by molar-refractivity contribution is 8.19. The van der Waals surface area contributed by atoms with Crippen molar-refractivity contribution in [1.29, 1.82) is 0 Å². The quantitative estimate of drug-likeness (QED) is 0.727. The number of para-hydroxylation sites is 1. The van der Waals surface area contributed by atoms with Gasteiger partial charge >= 0.3 is 5.97 Å². The maximum absolute atomic E-state index is 12.4. The number of benzene rings is 2. The summed E-state index contributed by atoms with van der Waals surface area (Å²) in [7, 11) is 1.33. The number of rotatable bonds is 6. The largest absolute Gasteiger partial charge is 0.483 e. The van der Waals surface area contributed by atoms with Gasteiger partial charge in [0.05, 0.1) is 17.3 Å². The van der Waals surface area contributed by atoms with Crippen LogP contribution in [0.15, 0.2) is 42.5 Å². The molecular formula is C20H21NO4S2. The standard InChI is InChI=1S/C20H21NO4S2/c1-13-7-8-14(19(23)24-2)11-16(13)21-18(22)12-25-17-6-4-3-5-15(17)20-26-9-10-27-20/h3-8,11,20H,9-10,12H2,1-2H3,(H,21,22). The summed E-state index contributed by atoms with van der Waals surface area (Å²) in [4.78, 5) is 24.0. The number of amides is 1. The highest BCUT2D eigenvalue weighted by atomic mass is 32.2. The third kappa shape index (κ3) is 4.99. The molecule has 0 saturated carbocycles. The molecule has 1 fully saturated rings. The zero-order valence-corrected chi connectivity index (χ0v) is 16.8. The van der Waals surface area contributed by atoms with Crippen molar-refractivity contribution >= 4 is 41.1 Å². The first-order valence-corrected chi connectivity index (χ1v) is 10.6. The Labute approximate surface area is 167 Å². The van der Waals surface area contributed by atoms with Crippen molar-refractivity contribution in [3.05, 3.63) is 59.2 Å². The second-order valence-electron chi connectivity index (χ2n) is 5.97. The van der Waals surface area contributed by atoms with Crippen LogP contribution in [-0.2, 0) is 9.53 Å². The highest BCUT2D eigenvalue weighted by Crippen LogP contribution is 2.48. The maximum atomic E-state index is 12.4. The lowest BCUT2D eigenvalue weighted by molar-refractivity contribution is -0.118. The van der Waals surface area contributed by atoms with E-state index in [2.05, 4.69) is 5.32 Å². The average molecular weight is 404 g/mol. The zero-order valence-electron chi connectivity index (χ0n) is 15.2. The van der Waals surface area contributed by atoms with Crippen LogP contribution in [0.4, 0.5) is 5.69 Å². The molecule has 1 aliphatic heterocycles. The first kappa shape index (κ1) is 19.6. The summed E-state index contributed by atoms with van der Waals surface area (Å²) in [5.74, 6) is 2.27. The molecule has 1 amide bonds. The summed E-state index contributed by atoms with van der Waals surface area (Å²) < 4.78 is 10.9. The summed E-state index contributed by atoms with van der Waals surface area (Å²) in [6.07, 6.45) is 0. The number of hydrogen-bond donors (Lipinski definition) is 1. The minimum atomic E-state index is -0.442. The second kappa shape index (κ2) is 9.19. The maximum Gasteiger partial charge on any atom is 0.337 e. The number of thioether (sulfide) groups is 2. The summed E-state index contributed by atoms with van der Waals surface area (Å²) >= 11 is 3.79. The van der Waals surface area contributed by atoms with E-state index in [0.29, 0.717) is 15.8 Å². The Morgan fingerprint density at radius 1 is 1.15 bits per heavy atom. The van der Waals surface area contributed by atoms with Crippen LogP contribution in [0.5, 0.6) is 5.75 Å². The summed E-state index contributed by atoms with van der Waals surface area (Å²) in [5.41, 5.74) is 2.93. The first-order chi connectivity index (χ1) is 13.1. The number of carbonyl (C=O) groups excluding carboxylic acids is 2. The zero-order chi connectivity index (χ0) is 19.2. The van der Waals surface area contributed by atoms with Gasteiger partial charge in [0, 0.05) is 22.8 Å². The monoisotopic (exact) mass is 403 g/mol. The molecule has 0 aliphatic carbocycles. The van der Waals surface area contributed by atoms with Crippen LogP contribution >= 0.6 is 23.5 Å². The minimum Gasteiger partial charge on any atom is -0.483 e. The Hall–Kier alpha value is -2.12. The van der Waals surface area contributed by atoms with E-state index in [1.165, 1.54) is 7.11 Å². The smallest absolute Gasteiger partial charge is 0.337 e. The Balaban J connectivity index is 1.65. The van der Waals surface area contributed by atoms with Gasteiger partial charge in [-0.25, -0.2) is 4.79 Å². The topological polar surface area (TPSA) is 64.6 Å². The number of carbonyl (C=O) groups is 2. The molecule has 142 valence electrons. The number of esters is 1. The third-order valence-corrected chi connectivity index (χ3v) is 7.15.